The van der Waals surface area contributed by atoms with Gasteiger partial charge in [0.2, 0.25) is 10.0 Å². The first-order chi connectivity index (χ1) is 11.5. The van der Waals surface area contributed by atoms with Crippen LogP contribution in [0.3, 0.4) is 0 Å². The monoisotopic (exact) mass is 347 g/mol. The number of aryl methyl sites for hydroxylation is 1. The molecule has 0 unspecified atom stereocenters. The van der Waals surface area contributed by atoms with E-state index in [1.165, 1.54) is 4.31 Å². The van der Waals surface area contributed by atoms with Crippen molar-refractivity contribution in [3.05, 3.63) is 53.6 Å². The summed E-state index contributed by atoms with van der Waals surface area (Å²) in [6.07, 6.45) is 0. The van der Waals surface area contributed by atoms with Gasteiger partial charge in [-0.15, -0.1) is 0 Å². The normalized spacial score (nSPS) is 14.0. The summed E-state index contributed by atoms with van der Waals surface area (Å²) in [5, 5.41) is 0. The Morgan fingerprint density at radius 2 is 1.75 bits per heavy atom. The molecule has 1 aliphatic rings. The number of nitrogens with zero attached hydrogens (tertiary/aromatic N) is 1. The first kappa shape index (κ1) is 16.8. The van der Waals surface area contributed by atoms with Crippen molar-refractivity contribution in [2.24, 2.45) is 0 Å². The third kappa shape index (κ3) is 3.25. The second-order valence-corrected chi connectivity index (χ2v) is 7.60. The van der Waals surface area contributed by atoms with E-state index in [2.05, 4.69) is 0 Å². The number of benzene rings is 2. The van der Waals surface area contributed by atoms with E-state index < -0.39 is 10.0 Å². The number of rotatable bonds is 5. The molecule has 0 atom stereocenters. The molecular formula is C18H21NO4S. The minimum Gasteiger partial charge on any atom is -0.486 e. The molecule has 1 aliphatic heterocycles. The zero-order valence-electron chi connectivity index (χ0n) is 13.9. The predicted molar refractivity (Wildman–Crippen MR) is 91.9 cm³/mol. The summed E-state index contributed by atoms with van der Waals surface area (Å²) < 4.78 is 38.4. The van der Waals surface area contributed by atoms with Crippen LogP contribution in [0.15, 0.2) is 47.4 Å². The van der Waals surface area contributed by atoms with Crippen LogP contribution in [0.4, 0.5) is 0 Å². The van der Waals surface area contributed by atoms with Gasteiger partial charge < -0.3 is 9.47 Å². The van der Waals surface area contributed by atoms with E-state index in [4.69, 9.17) is 9.47 Å². The molecule has 2 aromatic carbocycles. The minimum absolute atomic E-state index is 0.224. The van der Waals surface area contributed by atoms with Crippen molar-refractivity contribution >= 4 is 10.0 Å². The third-order valence-electron chi connectivity index (χ3n) is 4.11. The molecular weight excluding hydrogens is 326 g/mol. The van der Waals surface area contributed by atoms with Crippen molar-refractivity contribution in [2.75, 3.05) is 19.8 Å². The molecule has 128 valence electrons. The highest BCUT2D eigenvalue weighted by atomic mass is 32.2. The molecule has 0 N–H and O–H groups in total. The van der Waals surface area contributed by atoms with Crippen LogP contribution >= 0.6 is 0 Å². The highest BCUT2D eigenvalue weighted by Crippen LogP contribution is 2.33. The van der Waals surface area contributed by atoms with Crippen molar-refractivity contribution in [3.8, 4) is 11.5 Å². The van der Waals surface area contributed by atoms with Crippen LogP contribution in [0.25, 0.3) is 0 Å². The van der Waals surface area contributed by atoms with Crippen molar-refractivity contribution in [3.63, 3.8) is 0 Å². The molecule has 0 saturated carbocycles. The molecule has 0 fully saturated rings. The highest BCUT2D eigenvalue weighted by molar-refractivity contribution is 7.89. The molecule has 2 aromatic rings. The standard InChI is InChI=1S/C18H21NO4S/c1-3-19(13-15-7-5-4-6-14(15)2)24(20,21)16-8-9-17-18(12-16)23-11-10-22-17/h4-9,12H,3,10-11,13H2,1-2H3. The van der Waals surface area contributed by atoms with E-state index in [-0.39, 0.29) is 4.90 Å². The molecule has 0 aliphatic carbocycles. The molecule has 24 heavy (non-hydrogen) atoms. The predicted octanol–water partition coefficient (Wildman–Crippen LogP) is 2.98. The van der Waals surface area contributed by atoms with Crippen molar-refractivity contribution in [1.29, 1.82) is 0 Å². The van der Waals surface area contributed by atoms with E-state index in [1.54, 1.807) is 18.2 Å². The minimum atomic E-state index is -3.60. The molecule has 0 aromatic heterocycles. The smallest absolute Gasteiger partial charge is 0.243 e. The van der Waals surface area contributed by atoms with E-state index in [0.29, 0.717) is 37.8 Å². The summed E-state index contributed by atoms with van der Waals surface area (Å²) >= 11 is 0. The molecule has 1 heterocycles. The van der Waals surface area contributed by atoms with Crippen molar-refractivity contribution in [1.82, 2.24) is 4.31 Å². The fourth-order valence-electron chi connectivity index (χ4n) is 2.68. The fraction of sp³-hybridized carbons (Fsp3) is 0.333. The molecule has 0 spiro atoms. The highest BCUT2D eigenvalue weighted by Gasteiger charge is 2.25. The Morgan fingerprint density at radius 3 is 2.46 bits per heavy atom. The summed E-state index contributed by atoms with van der Waals surface area (Å²) in [6, 6.07) is 12.6. The summed E-state index contributed by atoms with van der Waals surface area (Å²) in [5.74, 6) is 1.07. The van der Waals surface area contributed by atoms with Gasteiger partial charge in [-0.2, -0.15) is 4.31 Å². The number of fused-ring (bicyclic) bond motifs is 1. The van der Waals surface area contributed by atoms with Crippen molar-refractivity contribution in [2.45, 2.75) is 25.3 Å². The average Bonchev–Trinajstić information content (AvgIpc) is 2.60. The first-order valence-corrected chi connectivity index (χ1v) is 9.40. The lowest BCUT2D eigenvalue weighted by molar-refractivity contribution is 0.171. The molecule has 3 rings (SSSR count). The summed E-state index contributed by atoms with van der Waals surface area (Å²) in [7, 11) is -3.60. The molecule has 0 amide bonds. The van der Waals surface area contributed by atoms with Gasteiger partial charge in [-0.3, -0.25) is 0 Å². The maximum atomic E-state index is 13.0. The second-order valence-electron chi connectivity index (χ2n) is 5.66. The third-order valence-corrected chi connectivity index (χ3v) is 6.03. The zero-order chi connectivity index (χ0) is 17.2. The summed E-state index contributed by atoms with van der Waals surface area (Å²) in [6.45, 7) is 5.48. The molecule has 0 radical (unpaired) electrons. The Morgan fingerprint density at radius 1 is 1.04 bits per heavy atom. The van der Waals surface area contributed by atoms with Gasteiger partial charge in [-0.25, -0.2) is 8.42 Å². The van der Waals surface area contributed by atoms with Crippen LogP contribution in [0.1, 0.15) is 18.1 Å². The van der Waals surface area contributed by atoms with Crippen LogP contribution in [0.2, 0.25) is 0 Å². The lowest BCUT2D eigenvalue weighted by Gasteiger charge is -2.23. The second kappa shape index (κ2) is 6.83. The maximum Gasteiger partial charge on any atom is 0.243 e. The Bertz CT molecular complexity index is 833. The van der Waals surface area contributed by atoms with Gasteiger partial charge in [0.15, 0.2) is 11.5 Å². The van der Waals surface area contributed by atoms with Gasteiger partial charge in [0, 0.05) is 19.2 Å². The Hall–Kier alpha value is -2.05. The number of hydrogen-bond donors (Lipinski definition) is 0. The lowest BCUT2D eigenvalue weighted by Crippen LogP contribution is -2.31. The topological polar surface area (TPSA) is 55.8 Å². The maximum absolute atomic E-state index is 13.0. The van der Waals surface area contributed by atoms with E-state index in [1.807, 2.05) is 38.1 Å². The van der Waals surface area contributed by atoms with Crippen LogP contribution in [-0.4, -0.2) is 32.5 Å². The Kier molecular flexibility index (Phi) is 4.78. The van der Waals surface area contributed by atoms with Crippen LogP contribution in [0, 0.1) is 6.92 Å². The van der Waals surface area contributed by atoms with Gasteiger partial charge in [0.25, 0.3) is 0 Å². The number of sulfonamides is 1. The molecule has 6 heteroatoms. The lowest BCUT2D eigenvalue weighted by atomic mass is 10.1. The summed E-state index contributed by atoms with van der Waals surface area (Å²) in [4.78, 5) is 0.224. The van der Waals surface area contributed by atoms with Crippen LogP contribution in [-0.2, 0) is 16.6 Å². The number of ether oxygens (including phenoxy) is 2. The van der Waals surface area contributed by atoms with Crippen LogP contribution < -0.4 is 9.47 Å². The quantitative estimate of drug-likeness (QED) is 0.834. The molecule has 0 bridgehead atoms. The first-order valence-electron chi connectivity index (χ1n) is 7.96. The van der Waals surface area contributed by atoms with Gasteiger partial charge in [-0.1, -0.05) is 31.2 Å². The van der Waals surface area contributed by atoms with E-state index in [0.717, 1.165) is 11.1 Å². The summed E-state index contributed by atoms with van der Waals surface area (Å²) in [5.41, 5.74) is 2.08. The van der Waals surface area contributed by atoms with E-state index >= 15 is 0 Å². The molecule has 5 nitrogen and oxygen atoms in total. The molecule has 0 saturated heterocycles. The van der Waals surface area contributed by atoms with Gasteiger partial charge in [-0.05, 0) is 30.2 Å². The van der Waals surface area contributed by atoms with Crippen molar-refractivity contribution < 1.29 is 17.9 Å². The van der Waals surface area contributed by atoms with Gasteiger partial charge in [0.1, 0.15) is 13.2 Å². The van der Waals surface area contributed by atoms with E-state index in [9.17, 15) is 8.42 Å². The Labute approximate surface area is 142 Å². The zero-order valence-corrected chi connectivity index (χ0v) is 14.7. The van der Waals surface area contributed by atoms with Crippen LogP contribution in [0.5, 0.6) is 11.5 Å². The van der Waals surface area contributed by atoms with Gasteiger partial charge in [0.05, 0.1) is 4.90 Å². The SMILES string of the molecule is CCN(Cc1ccccc1C)S(=O)(=O)c1ccc2c(c1)OCCO2. The van der Waals surface area contributed by atoms with Gasteiger partial charge >= 0.3 is 0 Å². The Balaban J connectivity index is 1.91. The number of hydrogen-bond acceptors (Lipinski definition) is 4. The average molecular weight is 347 g/mol. The largest absolute Gasteiger partial charge is 0.486 e. The fourth-order valence-corrected chi connectivity index (χ4v) is 4.12.